The van der Waals surface area contributed by atoms with Crippen LogP contribution in [0, 0.1) is 0 Å². The molecule has 1 aliphatic carbocycles. The van der Waals surface area contributed by atoms with Gasteiger partial charge in [-0.2, -0.15) is 0 Å². The topological polar surface area (TPSA) is 107 Å². The van der Waals surface area contributed by atoms with E-state index in [9.17, 15) is 9.59 Å². The Bertz CT molecular complexity index is 1020. The summed E-state index contributed by atoms with van der Waals surface area (Å²) in [6.45, 7) is 0.0723. The van der Waals surface area contributed by atoms with Crippen molar-refractivity contribution in [1.29, 1.82) is 0 Å². The molecule has 1 aliphatic rings. The molecular weight excluding hydrogens is 362 g/mol. The lowest BCUT2D eigenvalue weighted by Gasteiger charge is -2.27. The molecule has 0 fully saturated rings. The summed E-state index contributed by atoms with van der Waals surface area (Å²) in [6, 6.07) is 5.25. The highest BCUT2D eigenvalue weighted by atomic mass is 16.5. The fourth-order valence-electron chi connectivity index (χ4n) is 3.18. The minimum Gasteiger partial charge on any atom is -0.467 e. The molecule has 1 amide bonds. The van der Waals surface area contributed by atoms with Gasteiger partial charge in [-0.25, -0.2) is 19.3 Å². The van der Waals surface area contributed by atoms with Crippen LogP contribution >= 0.6 is 0 Å². The SMILES string of the molecule is O=C(Cn1c(-c2ncccn2)noc1=O)N(Cc1ccco1)C1=CCCCC1. The minimum atomic E-state index is -0.730. The third-order valence-electron chi connectivity index (χ3n) is 4.55. The van der Waals surface area contributed by atoms with E-state index < -0.39 is 5.76 Å². The summed E-state index contributed by atoms with van der Waals surface area (Å²) < 4.78 is 11.3. The van der Waals surface area contributed by atoms with Crippen LogP contribution in [0.15, 0.2) is 62.4 Å². The molecule has 0 unspecified atom stereocenters. The molecule has 3 aromatic heterocycles. The quantitative estimate of drug-likeness (QED) is 0.645. The van der Waals surface area contributed by atoms with Crippen molar-refractivity contribution in [3.05, 3.63) is 64.9 Å². The minimum absolute atomic E-state index is 0.120. The Labute approximate surface area is 160 Å². The van der Waals surface area contributed by atoms with E-state index in [1.807, 2.05) is 6.07 Å². The molecule has 4 rings (SSSR count). The third-order valence-corrected chi connectivity index (χ3v) is 4.55. The predicted molar refractivity (Wildman–Crippen MR) is 97.6 cm³/mol. The van der Waals surface area contributed by atoms with Crippen LogP contribution in [0.5, 0.6) is 0 Å². The molecule has 0 aliphatic heterocycles. The molecule has 3 aromatic rings. The largest absolute Gasteiger partial charge is 0.467 e. The van der Waals surface area contributed by atoms with Crippen molar-refractivity contribution < 1.29 is 13.7 Å². The zero-order chi connectivity index (χ0) is 19.3. The number of amides is 1. The van der Waals surface area contributed by atoms with Crippen molar-refractivity contribution in [3.63, 3.8) is 0 Å². The highest BCUT2D eigenvalue weighted by Gasteiger charge is 2.24. The van der Waals surface area contributed by atoms with Crippen molar-refractivity contribution in [2.24, 2.45) is 0 Å². The zero-order valence-electron chi connectivity index (χ0n) is 15.2. The Morgan fingerprint density at radius 2 is 2.07 bits per heavy atom. The average molecular weight is 381 g/mol. The van der Waals surface area contributed by atoms with E-state index in [0.717, 1.165) is 35.9 Å². The Balaban J connectivity index is 1.62. The highest BCUT2D eigenvalue weighted by Crippen LogP contribution is 2.24. The Hall–Kier alpha value is -3.49. The number of carbonyl (C=O) groups excluding carboxylic acids is 1. The van der Waals surface area contributed by atoms with Gasteiger partial charge in [-0.3, -0.25) is 9.32 Å². The van der Waals surface area contributed by atoms with Gasteiger partial charge in [-0.15, -0.1) is 0 Å². The second-order valence-corrected chi connectivity index (χ2v) is 6.43. The van der Waals surface area contributed by atoms with Gasteiger partial charge in [0.2, 0.25) is 11.7 Å². The lowest BCUT2D eigenvalue weighted by Crippen LogP contribution is -2.35. The molecule has 0 bridgehead atoms. The fraction of sp³-hybridized carbons (Fsp3) is 0.316. The molecule has 0 aromatic carbocycles. The van der Waals surface area contributed by atoms with Gasteiger partial charge in [0.05, 0.1) is 12.8 Å². The lowest BCUT2D eigenvalue weighted by atomic mass is 10.0. The molecular formula is C19H19N5O4. The van der Waals surface area contributed by atoms with Crippen LogP contribution in [0.25, 0.3) is 11.6 Å². The standard InChI is InChI=1S/C19H19N5O4/c25-16(13-24-18(22-28-19(24)26)17-20-9-5-10-21-17)23(12-15-8-4-11-27-15)14-6-2-1-3-7-14/h4-6,8-11H,1-3,7,12-13H2. The number of hydrogen-bond donors (Lipinski definition) is 0. The van der Waals surface area contributed by atoms with Crippen LogP contribution in [-0.2, 0) is 17.9 Å². The Morgan fingerprint density at radius 1 is 1.21 bits per heavy atom. The van der Waals surface area contributed by atoms with Crippen molar-refractivity contribution in [2.75, 3.05) is 0 Å². The zero-order valence-corrected chi connectivity index (χ0v) is 15.2. The molecule has 9 heteroatoms. The number of hydrogen-bond acceptors (Lipinski definition) is 7. The van der Waals surface area contributed by atoms with Crippen molar-refractivity contribution in [1.82, 2.24) is 24.6 Å². The van der Waals surface area contributed by atoms with Crippen LogP contribution in [0.1, 0.15) is 31.4 Å². The highest BCUT2D eigenvalue weighted by molar-refractivity contribution is 5.78. The number of rotatable bonds is 6. The van der Waals surface area contributed by atoms with Gasteiger partial charge in [0, 0.05) is 18.1 Å². The predicted octanol–water partition coefficient (Wildman–Crippen LogP) is 2.37. The van der Waals surface area contributed by atoms with Crippen LogP contribution in [0.3, 0.4) is 0 Å². The van der Waals surface area contributed by atoms with Crippen molar-refractivity contribution >= 4 is 5.91 Å². The van der Waals surface area contributed by atoms with Gasteiger partial charge in [0.25, 0.3) is 0 Å². The first-order chi connectivity index (χ1) is 13.7. The molecule has 144 valence electrons. The fourth-order valence-corrected chi connectivity index (χ4v) is 3.18. The average Bonchev–Trinajstić information content (AvgIpc) is 3.38. The smallest absolute Gasteiger partial charge is 0.442 e. The first-order valence-electron chi connectivity index (χ1n) is 9.08. The summed E-state index contributed by atoms with van der Waals surface area (Å²) in [4.78, 5) is 35.1. The van der Waals surface area contributed by atoms with E-state index in [4.69, 9.17) is 8.94 Å². The number of furan rings is 1. The molecule has 0 spiro atoms. The van der Waals surface area contributed by atoms with E-state index in [1.54, 1.807) is 23.3 Å². The van der Waals surface area contributed by atoms with E-state index in [2.05, 4.69) is 21.2 Å². The van der Waals surface area contributed by atoms with Crippen molar-refractivity contribution in [3.8, 4) is 11.6 Å². The molecule has 9 nitrogen and oxygen atoms in total. The van der Waals surface area contributed by atoms with Gasteiger partial charge in [0.15, 0.2) is 5.82 Å². The molecule has 0 N–H and O–H groups in total. The van der Waals surface area contributed by atoms with Crippen LogP contribution in [0.2, 0.25) is 0 Å². The monoisotopic (exact) mass is 381 g/mol. The van der Waals surface area contributed by atoms with E-state index in [0.29, 0.717) is 12.3 Å². The van der Waals surface area contributed by atoms with E-state index in [1.165, 1.54) is 12.4 Å². The maximum absolute atomic E-state index is 13.1. The lowest BCUT2D eigenvalue weighted by molar-refractivity contribution is -0.131. The number of aromatic nitrogens is 4. The van der Waals surface area contributed by atoms with Crippen molar-refractivity contribution in [2.45, 2.75) is 38.8 Å². The Kier molecular flexibility index (Phi) is 5.14. The summed E-state index contributed by atoms with van der Waals surface area (Å²) in [5.41, 5.74) is 0.940. The molecule has 0 atom stereocenters. The normalized spacial score (nSPS) is 13.9. The molecule has 0 saturated carbocycles. The summed E-state index contributed by atoms with van der Waals surface area (Å²) in [5.74, 6) is 0.0210. The van der Waals surface area contributed by atoms with Crippen LogP contribution in [-0.4, -0.2) is 30.5 Å². The Morgan fingerprint density at radius 3 is 2.79 bits per heavy atom. The van der Waals surface area contributed by atoms with Crippen LogP contribution < -0.4 is 5.76 Å². The van der Waals surface area contributed by atoms with E-state index in [-0.39, 0.29) is 24.1 Å². The maximum atomic E-state index is 13.1. The summed E-state index contributed by atoms with van der Waals surface area (Å²) in [5, 5.41) is 3.73. The molecule has 0 radical (unpaired) electrons. The van der Waals surface area contributed by atoms with Gasteiger partial charge in [0.1, 0.15) is 12.3 Å². The van der Waals surface area contributed by atoms with Gasteiger partial charge in [-0.05, 0) is 43.9 Å². The third kappa shape index (κ3) is 3.78. The molecule has 3 heterocycles. The van der Waals surface area contributed by atoms with Gasteiger partial charge < -0.3 is 9.32 Å². The summed E-state index contributed by atoms with van der Waals surface area (Å²) >= 11 is 0. The number of allylic oxidation sites excluding steroid dienone is 2. The first-order valence-corrected chi connectivity index (χ1v) is 9.08. The molecule has 28 heavy (non-hydrogen) atoms. The number of nitrogens with zero attached hydrogens (tertiary/aromatic N) is 5. The maximum Gasteiger partial charge on any atom is 0.442 e. The second-order valence-electron chi connectivity index (χ2n) is 6.43. The first kappa shape index (κ1) is 17.9. The van der Waals surface area contributed by atoms with E-state index >= 15 is 0 Å². The van der Waals surface area contributed by atoms with Gasteiger partial charge >= 0.3 is 5.76 Å². The van der Waals surface area contributed by atoms with Crippen LogP contribution in [0.4, 0.5) is 0 Å². The molecule has 0 saturated heterocycles. The second kappa shape index (κ2) is 8.03. The van der Waals surface area contributed by atoms with Gasteiger partial charge in [-0.1, -0.05) is 11.2 Å². The summed E-state index contributed by atoms with van der Waals surface area (Å²) in [6.07, 6.45) is 10.6. The number of carbonyl (C=O) groups is 1. The summed E-state index contributed by atoms with van der Waals surface area (Å²) in [7, 11) is 0.